The number of nitrogens with zero attached hydrogens (tertiary/aromatic N) is 1. The number of hydrogen-bond donors (Lipinski definition) is 1. The summed E-state index contributed by atoms with van der Waals surface area (Å²) in [6.45, 7) is 2.12. The van der Waals surface area contributed by atoms with Crippen molar-refractivity contribution in [1.82, 2.24) is 9.62 Å². The molecule has 11 heteroatoms. The molecule has 2 aliphatic rings. The van der Waals surface area contributed by atoms with Crippen LogP contribution in [0.2, 0.25) is 0 Å². The number of hydrogen-bond acceptors (Lipinski definition) is 6. The fourth-order valence-electron chi connectivity index (χ4n) is 3.96. The molecule has 0 aliphatic carbocycles. The number of halogens is 3. The van der Waals surface area contributed by atoms with E-state index < -0.39 is 33.9 Å². The lowest BCUT2D eigenvalue weighted by Gasteiger charge is -2.44. The molecule has 1 unspecified atom stereocenters. The van der Waals surface area contributed by atoms with Crippen molar-refractivity contribution in [2.24, 2.45) is 5.92 Å². The fourth-order valence-corrected chi connectivity index (χ4v) is 4.62. The SMILES string of the molecule is O=C(NS(=O)(=O)Oc1cccc(C(F)(F)F)c1)OC[C@@H]1CCCN2CCCCC12. The van der Waals surface area contributed by atoms with Crippen molar-refractivity contribution in [2.45, 2.75) is 44.3 Å². The Balaban J connectivity index is 1.53. The summed E-state index contributed by atoms with van der Waals surface area (Å²) in [6.07, 6.45) is -0.705. The molecule has 1 aromatic carbocycles. The van der Waals surface area contributed by atoms with Crippen molar-refractivity contribution >= 4 is 16.4 Å². The van der Waals surface area contributed by atoms with Gasteiger partial charge in [-0.25, -0.2) is 4.79 Å². The van der Waals surface area contributed by atoms with E-state index in [4.69, 9.17) is 4.74 Å². The Kier molecular flexibility index (Phi) is 6.57. The van der Waals surface area contributed by atoms with Crippen LogP contribution in [-0.2, 0) is 21.2 Å². The maximum absolute atomic E-state index is 12.7. The molecule has 0 spiro atoms. The lowest BCUT2D eigenvalue weighted by molar-refractivity contribution is -0.137. The van der Waals surface area contributed by atoms with Gasteiger partial charge in [0.05, 0.1) is 12.2 Å². The van der Waals surface area contributed by atoms with Crippen LogP contribution >= 0.6 is 0 Å². The molecule has 1 aromatic rings. The minimum atomic E-state index is -4.67. The number of amides is 1. The Morgan fingerprint density at radius 1 is 1.17 bits per heavy atom. The third kappa shape index (κ3) is 5.99. The molecule has 0 bridgehead atoms. The first-order chi connectivity index (χ1) is 13.6. The highest BCUT2D eigenvalue weighted by Gasteiger charge is 2.34. The summed E-state index contributed by atoms with van der Waals surface area (Å²) in [4.78, 5) is 14.3. The summed E-state index contributed by atoms with van der Waals surface area (Å²) in [6, 6.07) is 3.68. The Morgan fingerprint density at radius 2 is 1.93 bits per heavy atom. The second kappa shape index (κ2) is 8.78. The molecule has 2 aliphatic heterocycles. The van der Waals surface area contributed by atoms with E-state index in [0.29, 0.717) is 12.1 Å². The summed E-state index contributed by atoms with van der Waals surface area (Å²) in [7, 11) is -4.67. The van der Waals surface area contributed by atoms with Gasteiger partial charge in [-0.1, -0.05) is 12.5 Å². The van der Waals surface area contributed by atoms with Crippen LogP contribution < -0.4 is 8.91 Å². The molecule has 0 radical (unpaired) electrons. The Bertz CT molecular complexity index is 829. The first-order valence-corrected chi connectivity index (χ1v) is 10.9. The van der Waals surface area contributed by atoms with Crippen molar-refractivity contribution < 1.29 is 35.3 Å². The van der Waals surface area contributed by atoms with E-state index >= 15 is 0 Å². The molecule has 0 aromatic heterocycles. The molecule has 2 saturated heterocycles. The van der Waals surface area contributed by atoms with E-state index in [1.54, 1.807) is 4.72 Å². The van der Waals surface area contributed by atoms with Gasteiger partial charge in [-0.05, 0) is 57.0 Å². The molecule has 2 heterocycles. The van der Waals surface area contributed by atoms with Crippen LogP contribution in [0.15, 0.2) is 24.3 Å². The molecule has 1 amide bonds. The summed E-state index contributed by atoms with van der Waals surface area (Å²) in [5.74, 6) is -0.438. The van der Waals surface area contributed by atoms with Crippen LogP contribution in [0.4, 0.5) is 18.0 Å². The molecular formula is C18H23F3N2O5S. The zero-order valence-corrected chi connectivity index (χ0v) is 16.5. The number of carbonyl (C=O) groups is 1. The average Bonchev–Trinajstić information content (AvgIpc) is 2.65. The normalized spacial score (nSPS) is 23.1. The number of alkyl halides is 3. The molecule has 3 rings (SSSR count). The Labute approximate surface area is 167 Å². The molecule has 0 saturated carbocycles. The van der Waals surface area contributed by atoms with Crippen molar-refractivity contribution in [3.63, 3.8) is 0 Å². The maximum atomic E-state index is 12.7. The number of piperidine rings is 2. The maximum Gasteiger partial charge on any atom is 0.423 e. The van der Waals surface area contributed by atoms with Gasteiger partial charge in [0.1, 0.15) is 5.75 Å². The third-order valence-corrected chi connectivity index (χ3v) is 6.06. The zero-order chi connectivity index (χ0) is 21.1. The number of rotatable bonds is 5. The third-order valence-electron chi connectivity index (χ3n) is 5.23. The second-order valence-electron chi connectivity index (χ2n) is 7.26. The Morgan fingerprint density at radius 3 is 2.69 bits per heavy atom. The predicted octanol–water partition coefficient (Wildman–Crippen LogP) is 3.32. The number of nitrogens with one attached hydrogen (secondary N) is 1. The molecule has 7 nitrogen and oxygen atoms in total. The molecular weight excluding hydrogens is 413 g/mol. The lowest BCUT2D eigenvalue weighted by atomic mass is 9.84. The van der Waals surface area contributed by atoms with Gasteiger partial charge in [0.15, 0.2) is 0 Å². The molecule has 1 N–H and O–H groups in total. The van der Waals surface area contributed by atoms with E-state index in [9.17, 15) is 26.4 Å². The summed E-state index contributed by atoms with van der Waals surface area (Å²) in [5, 5.41) is 0. The fraction of sp³-hybridized carbons (Fsp3) is 0.611. The van der Waals surface area contributed by atoms with Gasteiger partial charge in [0.25, 0.3) is 0 Å². The highest BCUT2D eigenvalue weighted by atomic mass is 32.2. The van der Waals surface area contributed by atoms with E-state index in [-0.39, 0.29) is 12.5 Å². The van der Waals surface area contributed by atoms with Gasteiger partial charge < -0.3 is 8.92 Å². The van der Waals surface area contributed by atoms with Gasteiger partial charge in [-0.2, -0.15) is 26.3 Å². The van der Waals surface area contributed by atoms with Crippen LogP contribution in [0.5, 0.6) is 5.75 Å². The predicted molar refractivity (Wildman–Crippen MR) is 97.4 cm³/mol. The first kappa shape index (κ1) is 21.7. The highest BCUT2D eigenvalue weighted by molar-refractivity contribution is 7.85. The van der Waals surface area contributed by atoms with Crippen molar-refractivity contribution in [3.8, 4) is 5.75 Å². The van der Waals surface area contributed by atoms with E-state index in [2.05, 4.69) is 9.08 Å². The largest absolute Gasteiger partial charge is 0.448 e. The number of ether oxygens (including phenoxy) is 1. The van der Waals surface area contributed by atoms with Gasteiger partial charge >= 0.3 is 22.6 Å². The second-order valence-corrected chi connectivity index (χ2v) is 8.54. The van der Waals surface area contributed by atoms with Gasteiger partial charge in [0, 0.05) is 12.0 Å². The summed E-state index contributed by atoms with van der Waals surface area (Å²) in [5.41, 5.74) is -1.07. The minimum Gasteiger partial charge on any atom is -0.448 e. The summed E-state index contributed by atoms with van der Waals surface area (Å²) < 4.78 is 73.2. The standard InChI is InChI=1S/C18H23F3N2O5S/c19-18(20,21)14-6-3-7-15(11-14)28-29(25,26)22-17(24)27-12-13-5-4-10-23-9-2-1-8-16(13)23/h3,6-7,11,13,16H,1-2,4-5,8-10,12H2,(H,22,24)/t13-,16?/m0/s1. The van der Waals surface area contributed by atoms with Crippen LogP contribution in [-0.4, -0.2) is 45.1 Å². The van der Waals surface area contributed by atoms with Crippen LogP contribution in [0.25, 0.3) is 0 Å². The van der Waals surface area contributed by atoms with E-state index in [0.717, 1.165) is 63.4 Å². The average molecular weight is 436 g/mol. The molecule has 29 heavy (non-hydrogen) atoms. The quantitative estimate of drug-likeness (QED) is 0.762. The van der Waals surface area contributed by atoms with Gasteiger partial charge in [0.2, 0.25) is 0 Å². The molecule has 162 valence electrons. The number of carbonyl (C=O) groups excluding carboxylic acids is 1. The van der Waals surface area contributed by atoms with Crippen molar-refractivity contribution in [1.29, 1.82) is 0 Å². The zero-order valence-electron chi connectivity index (χ0n) is 15.7. The number of benzene rings is 1. The van der Waals surface area contributed by atoms with Gasteiger partial charge in [-0.3, -0.25) is 4.90 Å². The van der Waals surface area contributed by atoms with Crippen LogP contribution in [0, 0.1) is 5.92 Å². The smallest absolute Gasteiger partial charge is 0.423 e. The number of fused-ring (bicyclic) bond motifs is 1. The van der Waals surface area contributed by atoms with E-state index in [1.807, 2.05) is 0 Å². The lowest BCUT2D eigenvalue weighted by Crippen LogP contribution is -2.49. The molecule has 2 atom stereocenters. The van der Waals surface area contributed by atoms with Crippen LogP contribution in [0.1, 0.15) is 37.7 Å². The first-order valence-electron chi connectivity index (χ1n) is 9.44. The van der Waals surface area contributed by atoms with Gasteiger partial charge in [-0.15, -0.1) is 0 Å². The monoisotopic (exact) mass is 436 g/mol. The minimum absolute atomic E-state index is 0.0755. The van der Waals surface area contributed by atoms with Crippen molar-refractivity contribution in [2.75, 3.05) is 19.7 Å². The Hall–Kier alpha value is -2.01. The van der Waals surface area contributed by atoms with Crippen molar-refractivity contribution in [3.05, 3.63) is 29.8 Å². The highest BCUT2D eigenvalue weighted by Crippen LogP contribution is 2.32. The summed E-state index contributed by atoms with van der Waals surface area (Å²) >= 11 is 0. The molecule has 2 fully saturated rings. The topological polar surface area (TPSA) is 84.9 Å². The van der Waals surface area contributed by atoms with E-state index in [1.165, 1.54) is 0 Å². The van der Waals surface area contributed by atoms with Crippen LogP contribution in [0.3, 0.4) is 0 Å².